The van der Waals surface area contributed by atoms with E-state index in [1.165, 1.54) is 7.05 Å². The maximum absolute atomic E-state index is 11.2. The summed E-state index contributed by atoms with van der Waals surface area (Å²) in [5, 5.41) is 8.80. The fourth-order valence-electron chi connectivity index (χ4n) is 1.57. The van der Waals surface area contributed by atoms with Crippen molar-refractivity contribution in [3.05, 3.63) is 0 Å². The van der Waals surface area contributed by atoms with Crippen LogP contribution in [0.2, 0.25) is 0 Å². The van der Waals surface area contributed by atoms with Crippen molar-refractivity contribution < 1.29 is 18.3 Å². The maximum Gasteiger partial charge on any atom is 0.408 e. The van der Waals surface area contributed by atoms with Crippen molar-refractivity contribution in [1.29, 1.82) is 0 Å². The van der Waals surface area contributed by atoms with Crippen molar-refractivity contribution in [1.82, 2.24) is 9.21 Å². The summed E-state index contributed by atoms with van der Waals surface area (Å²) in [7, 11) is -1.92. The first-order chi connectivity index (χ1) is 6.34. The molecule has 0 aromatic carbocycles. The second kappa shape index (κ2) is 3.74. The van der Waals surface area contributed by atoms with Gasteiger partial charge in [0.2, 0.25) is 10.0 Å². The number of sulfonamides is 1. The van der Waals surface area contributed by atoms with E-state index < -0.39 is 22.3 Å². The molecule has 0 spiro atoms. The summed E-state index contributed by atoms with van der Waals surface area (Å²) in [6.45, 7) is 0.403. The smallest absolute Gasteiger partial charge is 0.408 e. The molecule has 1 aliphatic rings. The van der Waals surface area contributed by atoms with E-state index in [2.05, 4.69) is 0 Å². The van der Waals surface area contributed by atoms with Gasteiger partial charge in [0, 0.05) is 13.6 Å². The van der Waals surface area contributed by atoms with Crippen LogP contribution in [0.3, 0.4) is 0 Å². The monoisotopic (exact) mass is 222 g/mol. The highest BCUT2D eigenvalue weighted by Crippen LogP contribution is 2.21. The van der Waals surface area contributed by atoms with Crippen LogP contribution < -0.4 is 0 Å². The van der Waals surface area contributed by atoms with E-state index in [-0.39, 0.29) is 0 Å². The molecule has 0 radical (unpaired) electrons. The van der Waals surface area contributed by atoms with Crippen LogP contribution in [0, 0.1) is 0 Å². The number of hydrogen-bond donors (Lipinski definition) is 1. The minimum Gasteiger partial charge on any atom is -0.465 e. The Morgan fingerprint density at radius 1 is 1.57 bits per heavy atom. The van der Waals surface area contributed by atoms with E-state index in [0.717, 1.165) is 15.5 Å². The summed E-state index contributed by atoms with van der Waals surface area (Å²) >= 11 is 0. The van der Waals surface area contributed by atoms with Gasteiger partial charge in [-0.3, -0.25) is 4.90 Å². The molecular formula is C7H14N2O4S. The Morgan fingerprint density at radius 2 is 2.14 bits per heavy atom. The van der Waals surface area contributed by atoms with Gasteiger partial charge in [-0.1, -0.05) is 0 Å². The van der Waals surface area contributed by atoms with Gasteiger partial charge in [-0.2, -0.15) is 4.31 Å². The van der Waals surface area contributed by atoms with Crippen LogP contribution in [0.5, 0.6) is 0 Å². The third-order valence-electron chi connectivity index (χ3n) is 2.41. The van der Waals surface area contributed by atoms with E-state index in [1.54, 1.807) is 0 Å². The Bertz CT molecular complexity index is 327. The van der Waals surface area contributed by atoms with Gasteiger partial charge in [0.05, 0.1) is 6.26 Å². The van der Waals surface area contributed by atoms with Crippen molar-refractivity contribution >= 4 is 16.1 Å². The molecule has 1 atom stereocenters. The zero-order valence-electron chi connectivity index (χ0n) is 8.17. The molecule has 1 rings (SSSR count). The van der Waals surface area contributed by atoms with Crippen molar-refractivity contribution in [2.24, 2.45) is 0 Å². The lowest BCUT2D eigenvalue weighted by atomic mass is 10.3. The van der Waals surface area contributed by atoms with Gasteiger partial charge in [-0.25, -0.2) is 13.2 Å². The summed E-state index contributed by atoms with van der Waals surface area (Å²) in [6, 6.07) is 0. The standard InChI is InChI=1S/C7H14N2O4S/c1-8(14(2,12)13)6-4-3-5-9(6)7(10)11/h6H,3-5H2,1-2H3,(H,10,11). The molecular weight excluding hydrogens is 208 g/mol. The Balaban J connectivity index is 2.82. The average Bonchev–Trinajstić information content (AvgIpc) is 2.48. The molecule has 1 heterocycles. The number of carboxylic acid groups (broad SMARTS) is 1. The van der Waals surface area contributed by atoms with Gasteiger partial charge >= 0.3 is 6.09 Å². The summed E-state index contributed by atoms with van der Waals surface area (Å²) < 4.78 is 23.5. The predicted octanol–water partition coefficient (Wildman–Crippen LogP) is -0.0223. The average molecular weight is 222 g/mol. The van der Waals surface area contributed by atoms with Crippen molar-refractivity contribution in [3.63, 3.8) is 0 Å². The highest BCUT2D eigenvalue weighted by atomic mass is 32.2. The SMILES string of the molecule is CN(C1CCCN1C(=O)O)S(C)(=O)=O. The minimum atomic E-state index is -3.32. The summed E-state index contributed by atoms with van der Waals surface area (Å²) in [6.07, 6.45) is 0.739. The largest absolute Gasteiger partial charge is 0.465 e. The molecule has 0 bridgehead atoms. The van der Waals surface area contributed by atoms with Gasteiger partial charge in [0.1, 0.15) is 6.17 Å². The van der Waals surface area contributed by atoms with Gasteiger partial charge in [0.25, 0.3) is 0 Å². The molecule has 0 aliphatic carbocycles. The van der Waals surface area contributed by atoms with E-state index in [1.807, 2.05) is 0 Å². The van der Waals surface area contributed by atoms with Gasteiger partial charge < -0.3 is 5.11 Å². The van der Waals surface area contributed by atoms with Crippen LogP contribution in [0.25, 0.3) is 0 Å². The van der Waals surface area contributed by atoms with Crippen molar-refractivity contribution in [2.45, 2.75) is 19.0 Å². The van der Waals surface area contributed by atoms with Crippen LogP contribution in [0.15, 0.2) is 0 Å². The maximum atomic E-state index is 11.2. The van der Waals surface area contributed by atoms with Crippen LogP contribution >= 0.6 is 0 Å². The highest BCUT2D eigenvalue weighted by molar-refractivity contribution is 7.88. The second-order valence-corrected chi connectivity index (χ2v) is 5.42. The molecule has 0 aromatic rings. The first-order valence-electron chi connectivity index (χ1n) is 4.26. The lowest BCUT2D eigenvalue weighted by Crippen LogP contribution is -2.47. The fraction of sp³-hybridized carbons (Fsp3) is 0.857. The zero-order valence-corrected chi connectivity index (χ0v) is 8.99. The molecule has 1 aliphatic heterocycles. The van der Waals surface area contributed by atoms with Crippen LogP contribution in [0.1, 0.15) is 12.8 Å². The molecule has 1 unspecified atom stereocenters. The number of hydrogen-bond acceptors (Lipinski definition) is 3. The molecule has 14 heavy (non-hydrogen) atoms. The topological polar surface area (TPSA) is 77.9 Å². The van der Waals surface area contributed by atoms with E-state index in [0.29, 0.717) is 19.4 Å². The Labute approximate surface area is 83.2 Å². The molecule has 1 amide bonds. The van der Waals surface area contributed by atoms with E-state index in [4.69, 9.17) is 5.11 Å². The molecule has 0 saturated carbocycles. The molecule has 7 heteroatoms. The first-order valence-corrected chi connectivity index (χ1v) is 6.11. The third kappa shape index (κ3) is 2.16. The minimum absolute atomic E-state index is 0.403. The summed E-state index contributed by atoms with van der Waals surface area (Å²) in [5.74, 6) is 0. The van der Waals surface area contributed by atoms with Gasteiger partial charge in [-0.15, -0.1) is 0 Å². The number of carbonyl (C=O) groups is 1. The first kappa shape index (κ1) is 11.3. The van der Waals surface area contributed by atoms with Gasteiger partial charge in [0.15, 0.2) is 0 Å². The third-order valence-corrected chi connectivity index (χ3v) is 3.70. The quantitative estimate of drug-likeness (QED) is 0.712. The number of nitrogens with zero attached hydrogens (tertiary/aromatic N) is 2. The molecule has 1 saturated heterocycles. The van der Waals surface area contributed by atoms with Crippen LogP contribution in [-0.2, 0) is 10.0 Å². The number of likely N-dealkylation sites (tertiary alicyclic amines) is 1. The fourth-order valence-corrected chi connectivity index (χ4v) is 2.23. The number of rotatable bonds is 2. The Hall–Kier alpha value is -0.820. The normalized spacial score (nSPS) is 23.1. The molecule has 6 nitrogen and oxygen atoms in total. The van der Waals surface area contributed by atoms with E-state index in [9.17, 15) is 13.2 Å². The van der Waals surface area contributed by atoms with Gasteiger partial charge in [-0.05, 0) is 12.8 Å². The second-order valence-electron chi connectivity index (χ2n) is 3.38. The van der Waals surface area contributed by atoms with E-state index >= 15 is 0 Å². The predicted molar refractivity (Wildman–Crippen MR) is 50.4 cm³/mol. The Morgan fingerprint density at radius 3 is 2.57 bits per heavy atom. The number of amides is 1. The van der Waals surface area contributed by atoms with Crippen LogP contribution in [0.4, 0.5) is 4.79 Å². The summed E-state index contributed by atoms with van der Waals surface area (Å²) in [5.41, 5.74) is 0. The lowest BCUT2D eigenvalue weighted by molar-refractivity contribution is 0.115. The molecule has 1 N–H and O–H groups in total. The van der Waals surface area contributed by atoms with Crippen molar-refractivity contribution in [3.8, 4) is 0 Å². The molecule has 1 fully saturated rings. The molecule has 82 valence electrons. The Kier molecular flexibility index (Phi) is 3.01. The summed E-state index contributed by atoms with van der Waals surface area (Å²) in [4.78, 5) is 11.9. The lowest BCUT2D eigenvalue weighted by Gasteiger charge is -2.28. The highest BCUT2D eigenvalue weighted by Gasteiger charge is 2.34. The molecule has 0 aromatic heterocycles. The zero-order chi connectivity index (χ0) is 10.9. The van der Waals surface area contributed by atoms with Crippen LogP contribution in [-0.4, -0.2) is 54.8 Å². The van der Waals surface area contributed by atoms with Crippen molar-refractivity contribution in [2.75, 3.05) is 19.8 Å².